The Kier molecular flexibility index (Phi) is 6.34. The number of methoxy groups -OCH3 is 1. The van der Waals surface area contributed by atoms with Crippen LogP contribution in [0.4, 0.5) is 0 Å². The van der Waals surface area contributed by atoms with Gasteiger partial charge in [0, 0.05) is 12.6 Å². The summed E-state index contributed by atoms with van der Waals surface area (Å²) in [5, 5.41) is 3.60. The van der Waals surface area contributed by atoms with Crippen LogP contribution in [0.15, 0.2) is 24.3 Å². The van der Waals surface area contributed by atoms with Gasteiger partial charge < -0.3 is 14.8 Å². The molecule has 1 saturated heterocycles. The van der Waals surface area contributed by atoms with Crippen LogP contribution in [-0.4, -0.2) is 32.4 Å². The Morgan fingerprint density at radius 3 is 2.75 bits per heavy atom. The molecule has 3 nitrogen and oxygen atoms in total. The van der Waals surface area contributed by atoms with Gasteiger partial charge in [-0.05, 0) is 63.3 Å². The number of benzene rings is 1. The largest absolute Gasteiger partial charge is 0.497 e. The summed E-state index contributed by atoms with van der Waals surface area (Å²) in [6, 6.07) is 8.82. The second-order valence-electron chi connectivity index (χ2n) is 5.68. The van der Waals surface area contributed by atoms with Crippen LogP contribution in [0.1, 0.15) is 38.2 Å². The first-order valence-corrected chi connectivity index (χ1v) is 7.76. The molecular weight excluding hydrogens is 250 g/mol. The van der Waals surface area contributed by atoms with Crippen molar-refractivity contribution in [2.24, 2.45) is 0 Å². The number of hydrogen-bond donors (Lipinski definition) is 1. The van der Waals surface area contributed by atoms with Crippen molar-refractivity contribution in [3.05, 3.63) is 29.8 Å². The van der Waals surface area contributed by atoms with Gasteiger partial charge >= 0.3 is 0 Å². The molecule has 1 N–H and O–H groups in total. The second-order valence-corrected chi connectivity index (χ2v) is 5.68. The van der Waals surface area contributed by atoms with Crippen LogP contribution in [0.25, 0.3) is 0 Å². The van der Waals surface area contributed by atoms with Crippen LogP contribution >= 0.6 is 0 Å². The Morgan fingerprint density at radius 2 is 2.10 bits per heavy atom. The molecule has 1 aromatic carbocycles. The van der Waals surface area contributed by atoms with Crippen molar-refractivity contribution in [3.8, 4) is 5.75 Å². The highest BCUT2D eigenvalue weighted by atomic mass is 16.5. The van der Waals surface area contributed by atoms with Gasteiger partial charge in [0.2, 0.25) is 0 Å². The average Bonchev–Trinajstić information content (AvgIpc) is 2.49. The number of nitrogens with one attached hydrogen (secondary N) is 1. The Labute approximate surface area is 122 Å². The van der Waals surface area contributed by atoms with E-state index in [-0.39, 0.29) is 0 Å². The van der Waals surface area contributed by atoms with Crippen molar-refractivity contribution in [2.45, 2.75) is 51.2 Å². The van der Waals surface area contributed by atoms with E-state index in [1.54, 1.807) is 7.11 Å². The lowest BCUT2D eigenvalue weighted by Crippen LogP contribution is -2.32. The van der Waals surface area contributed by atoms with E-state index in [0.717, 1.165) is 31.7 Å². The summed E-state index contributed by atoms with van der Waals surface area (Å²) in [5.41, 5.74) is 1.35. The second kappa shape index (κ2) is 8.28. The van der Waals surface area contributed by atoms with Crippen molar-refractivity contribution in [1.29, 1.82) is 0 Å². The highest BCUT2D eigenvalue weighted by Gasteiger charge is 2.13. The molecule has 0 aromatic heterocycles. The monoisotopic (exact) mass is 277 g/mol. The van der Waals surface area contributed by atoms with Crippen molar-refractivity contribution < 1.29 is 9.47 Å². The van der Waals surface area contributed by atoms with E-state index < -0.39 is 0 Å². The molecule has 1 fully saturated rings. The molecule has 112 valence electrons. The maximum atomic E-state index is 5.75. The zero-order valence-corrected chi connectivity index (χ0v) is 12.7. The van der Waals surface area contributed by atoms with Gasteiger partial charge in [-0.1, -0.05) is 12.1 Å². The van der Waals surface area contributed by atoms with Crippen molar-refractivity contribution in [1.82, 2.24) is 5.32 Å². The third-order valence-electron chi connectivity index (χ3n) is 3.93. The van der Waals surface area contributed by atoms with Gasteiger partial charge in [-0.25, -0.2) is 0 Å². The van der Waals surface area contributed by atoms with Crippen LogP contribution in [0.5, 0.6) is 5.75 Å². The lowest BCUT2D eigenvalue weighted by atomic mass is 10.0. The molecule has 0 bridgehead atoms. The van der Waals surface area contributed by atoms with E-state index in [2.05, 4.69) is 24.4 Å². The van der Waals surface area contributed by atoms with Crippen molar-refractivity contribution >= 4 is 0 Å². The lowest BCUT2D eigenvalue weighted by Gasteiger charge is -2.23. The summed E-state index contributed by atoms with van der Waals surface area (Å²) < 4.78 is 10.9. The van der Waals surface area contributed by atoms with E-state index in [1.807, 2.05) is 12.1 Å². The SMILES string of the molecule is COc1ccc(CC(C)NCCC2CCCCO2)cc1. The van der Waals surface area contributed by atoms with Crippen LogP contribution in [-0.2, 0) is 11.2 Å². The lowest BCUT2D eigenvalue weighted by molar-refractivity contribution is 0.0113. The molecule has 2 rings (SSSR count). The Morgan fingerprint density at radius 1 is 1.30 bits per heavy atom. The van der Waals surface area contributed by atoms with Gasteiger partial charge in [0.05, 0.1) is 13.2 Å². The van der Waals surface area contributed by atoms with Crippen molar-refractivity contribution in [2.75, 3.05) is 20.3 Å². The normalized spacial score (nSPS) is 20.6. The molecule has 2 unspecified atom stereocenters. The molecule has 20 heavy (non-hydrogen) atoms. The molecule has 1 aromatic rings. The minimum Gasteiger partial charge on any atom is -0.497 e. The average molecular weight is 277 g/mol. The first kappa shape index (κ1) is 15.3. The maximum Gasteiger partial charge on any atom is 0.118 e. The van der Waals surface area contributed by atoms with Gasteiger partial charge in [0.1, 0.15) is 5.75 Å². The summed E-state index contributed by atoms with van der Waals surface area (Å²) in [6.07, 6.45) is 6.45. The highest BCUT2D eigenvalue weighted by Crippen LogP contribution is 2.15. The molecule has 0 saturated carbocycles. The highest BCUT2D eigenvalue weighted by molar-refractivity contribution is 5.27. The molecule has 1 aliphatic rings. The molecule has 2 atom stereocenters. The summed E-state index contributed by atoms with van der Waals surface area (Å²) in [4.78, 5) is 0. The Hall–Kier alpha value is -1.06. The van der Waals surface area contributed by atoms with E-state index >= 15 is 0 Å². The molecule has 0 amide bonds. The molecule has 0 radical (unpaired) electrons. The minimum absolute atomic E-state index is 0.476. The van der Waals surface area contributed by atoms with Gasteiger partial charge in [-0.15, -0.1) is 0 Å². The minimum atomic E-state index is 0.476. The zero-order chi connectivity index (χ0) is 14.2. The molecule has 1 heterocycles. The number of rotatable bonds is 7. The van der Waals surface area contributed by atoms with Crippen LogP contribution in [0.2, 0.25) is 0 Å². The van der Waals surface area contributed by atoms with Gasteiger partial charge in [-0.2, -0.15) is 0 Å². The molecule has 0 aliphatic carbocycles. The van der Waals surface area contributed by atoms with E-state index in [4.69, 9.17) is 9.47 Å². The van der Waals surface area contributed by atoms with Crippen molar-refractivity contribution in [3.63, 3.8) is 0 Å². The molecule has 1 aliphatic heterocycles. The summed E-state index contributed by atoms with van der Waals surface area (Å²) in [6.45, 7) is 4.24. The summed E-state index contributed by atoms with van der Waals surface area (Å²) >= 11 is 0. The molecule has 0 spiro atoms. The van der Waals surface area contributed by atoms with E-state index in [0.29, 0.717) is 12.1 Å². The first-order chi connectivity index (χ1) is 9.78. The van der Waals surface area contributed by atoms with E-state index in [9.17, 15) is 0 Å². The maximum absolute atomic E-state index is 5.75. The quantitative estimate of drug-likeness (QED) is 0.830. The third-order valence-corrected chi connectivity index (χ3v) is 3.93. The third kappa shape index (κ3) is 5.14. The molecule has 3 heteroatoms. The molecular formula is C17H27NO2. The standard InChI is InChI=1S/C17H27NO2/c1-14(13-15-6-8-16(19-2)9-7-15)18-11-10-17-5-3-4-12-20-17/h6-9,14,17-18H,3-5,10-13H2,1-2H3. The van der Waals surface area contributed by atoms with Gasteiger partial charge in [0.25, 0.3) is 0 Å². The Balaban J connectivity index is 1.65. The zero-order valence-electron chi connectivity index (χ0n) is 12.7. The fourth-order valence-corrected chi connectivity index (χ4v) is 2.71. The van der Waals surface area contributed by atoms with Crippen LogP contribution in [0.3, 0.4) is 0 Å². The predicted molar refractivity (Wildman–Crippen MR) is 82.4 cm³/mol. The van der Waals surface area contributed by atoms with Crippen LogP contribution in [0, 0.1) is 0 Å². The van der Waals surface area contributed by atoms with E-state index in [1.165, 1.54) is 24.8 Å². The smallest absolute Gasteiger partial charge is 0.118 e. The summed E-state index contributed by atoms with van der Waals surface area (Å²) in [7, 11) is 1.70. The summed E-state index contributed by atoms with van der Waals surface area (Å²) in [5.74, 6) is 0.920. The number of ether oxygens (including phenoxy) is 2. The van der Waals surface area contributed by atoms with Gasteiger partial charge in [-0.3, -0.25) is 0 Å². The Bertz CT molecular complexity index is 371. The van der Waals surface area contributed by atoms with Crippen LogP contribution < -0.4 is 10.1 Å². The predicted octanol–water partition coefficient (Wildman–Crippen LogP) is 3.18. The first-order valence-electron chi connectivity index (χ1n) is 7.76. The number of hydrogen-bond acceptors (Lipinski definition) is 3. The fraction of sp³-hybridized carbons (Fsp3) is 0.647. The fourth-order valence-electron chi connectivity index (χ4n) is 2.71. The van der Waals surface area contributed by atoms with Gasteiger partial charge in [0.15, 0.2) is 0 Å². The topological polar surface area (TPSA) is 30.5 Å².